The molecule has 8 heteroatoms. The zero-order valence-electron chi connectivity index (χ0n) is 26.0. The summed E-state index contributed by atoms with van der Waals surface area (Å²) in [5, 5.41) is 0. The Labute approximate surface area is 271 Å². The Morgan fingerprint density at radius 2 is 1.63 bits per heavy atom. The second-order valence-electron chi connectivity index (χ2n) is 11.1. The van der Waals surface area contributed by atoms with E-state index in [9.17, 15) is 4.79 Å². The largest absolute Gasteiger partial charge is 0.493 e. The number of benzene rings is 4. The van der Waals surface area contributed by atoms with Gasteiger partial charge >= 0.3 is 0 Å². The summed E-state index contributed by atoms with van der Waals surface area (Å²) in [5.74, 6) is 2.55. The summed E-state index contributed by atoms with van der Waals surface area (Å²) >= 11 is 1.40. The number of allylic oxidation sites excluding steroid dienone is 1. The van der Waals surface area contributed by atoms with Gasteiger partial charge in [-0.2, -0.15) is 0 Å². The number of nitrogens with zero attached hydrogens (tertiary/aromatic N) is 2. The van der Waals surface area contributed by atoms with Crippen LogP contribution in [0.4, 0.5) is 0 Å². The standard InChI is InChI=1S/C38H34N2O5S/c1-4-44-33-20-25(14-18-31(33)45-23-24-10-6-5-7-11-24)21-34-37(41)40-36(27-16-19-30(42-2)32(22-27)43-3)29-17-15-26-12-8-9-13-28(26)35(29)39-38(40)46-34/h5-14,16,18-22,36H,4,15,17,23H2,1-3H3/b34-21-/t36-/m1/s1. The van der Waals surface area contributed by atoms with Crippen LogP contribution >= 0.6 is 11.3 Å². The van der Waals surface area contributed by atoms with Crippen molar-refractivity contribution in [3.63, 3.8) is 0 Å². The monoisotopic (exact) mass is 630 g/mol. The van der Waals surface area contributed by atoms with E-state index in [0.717, 1.165) is 46.4 Å². The van der Waals surface area contributed by atoms with Gasteiger partial charge in [-0.15, -0.1) is 0 Å². The van der Waals surface area contributed by atoms with Crippen LogP contribution < -0.4 is 33.8 Å². The zero-order chi connectivity index (χ0) is 31.6. The Balaban J connectivity index is 1.34. The molecule has 2 heterocycles. The lowest BCUT2D eigenvalue weighted by Gasteiger charge is -2.31. The third-order valence-electron chi connectivity index (χ3n) is 8.40. The van der Waals surface area contributed by atoms with Crippen LogP contribution in [-0.4, -0.2) is 25.4 Å². The number of hydrogen-bond donors (Lipinski definition) is 0. The van der Waals surface area contributed by atoms with Crippen LogP contribution in [0.2, 0.25) is 0 Å². The van der Waals surface area contributed by atoms with Crippen LogP contribution in [0.3, 0.4) is 0 Å². The van der Waals surface area contributed by atoms with Gasteiger partial charge < -0.3 is 18.9 Å². The van der Waals surface area contributed by atoms with Crippen LogP contribution in [0.15, 0.2) is 106 Å². The molecule has 7 rings (SSSR count). The highest BCUT2D eigenvalue weighted by Crippen LogP contribution is 2.43. The number of methoxy groups -OCH3 is 2. The van der Waals surface area contributed by atoms with Gasteiger partial charge in [0.25, 0.3) is 5.56 Å². The third kappa shape index (κ3) is 5.49. The van der Waals surface area contributed by atoms with Gasteiger partial charge in [-0.1, -0.05) is 78.1 Å². The van der Waals surface area contributed by atoms with Gasteiger partial charge in [0.05, 0.1) is 37.1 Å². The molecule has 1 atom stereocenters. The molecule has 0 saturated heterocycles. The lowest BCUT2D eigenvalue weighted by molar-refractivity contribution is 0.269. The SMILES string of the molecule is CCOc1cc(/C=c2\sc3n(c2=O)[C@H](c2ccc(OC)c(OC)c2)C2=C(N=3)c3ccccc3CC2)ccc1OCc1ccccc1. The molecule has 0 saturated carbocycles. The lowest BCUT2D eigenvalue weighted by Crippen LogP contribution is -2.38. The zero-order valence-corrected chi connectivity index (χ0v) is 26.8. The molecule has 0 bridgehead atoms. The van der Waals surface area contributed by atoms with Crippen molar-refractivity contribution < 1.29 is 18.9 Å². The van der Waals surface area contributed by atoms with Crippen molar-refractivity contribution in [2.75, 3.05) is 20.8 Å². The van der Waals surface area contributed by atoms with Gasteiger partial charge in [0.2, 0.25) is 0 Å². The summed E-state index contributed by atoms with van der Waals surface area (Å²) in [6.07, 6.45) is 3.61. The average Bonchev–Trinajstić information content (AvgIpc) is 3.40. The average molecular weight is 631 g/mol. The first-order valence-corrected chi connectivity index (χ1v) is 16.2. The van der Waals surface area contributed by atoms with E-state index < -0.39 is 0 Å². The molecule has 46 heavy (non-hydrogen) atoms. The van der Waals surface area contributed by atoms with E-state index in [1.54, 1.807) is 14.2 Å². The summed E-state index contributed by atoms with van der Waals surface area (Å²) in [6, 6.07) is 29.8. The van der Waals surface area contributed by atoms with Gasteiger partial charge in [-0.05, 0) is 77.9 Å². The molecule has 0 amide bonds. The van der Waals surface area contributed by atoms with Crippen molar-refractivity contribution in [3.05, 3.63) is 144 Å². The predicted molar refractivity (Wildman–Crippen MR) is 181 cm³/mol. The first-order chi connectivity index (χ1) is 22.6. The van der Waals surface area contributed by atoms with Gasteiger partial charge in [-0.3, -0.25) is 9.36 Å². The highest BCUT2D eigenvalue weighted by molar-refractivity contribution is 7.07. The van der Waals surface area contributed by atoms with Gasteiger partial charge in [0, 0.05) is 5.56 Å². The van der Waals surface area contributed by atoms with Crippen molar-refractivity contribution in [2.45, 2.75) is 32.4 Å². The van der Waals surface area contributed by atoms with Gasteiger partial charge in [-0.25, -0.2) is 4.99 Å². The van der Waals surface area contributed by atoms with Gasteiger partial charge in [0.15, 0.2) is 27.8 Å². The van der Waals surface area contributed by atoms with Crippen molar-refractivity contribution >= 4 is 23.1 Å². The normalized spacial score (nSPS) is 15.4. The number of hydrogen-bond acceptors (Lipinski definition) is 7. The molecule has 232 valence electrons. The van der Waals surface area contributed by atoms with Crippen LogP contribution in [0.1, 0.15) is 47.2 Å². The number of aryl methyl sites for hydroxylation is 1. The van der Waals surface area contributed by atoms with E-state index >= 15 is 0 Å². The third-order valence-corrected chi connectivity index (χ3v) is 9.38. The van der Waals surface area contributed by atoms with Crippen LogP contribution in [0.25, 0.3) is 11.8 Å². The molecular formula is C38H34N2O5S. The number of thiazole rings is 1. The molecule has 0 N–H and O–H groups in total. The van der Waals surface area contributed by atoms with E-state index in [2.05, 4.69) is 18.2 Å². The van der Waals surface area contributed by atoms with E-state index in [0.29, 0.717) is 45.5 Å². The smallest absolute Gasteiger partial charge is 0.271 e. The molecule has 5 aromatic rings. The molecule has 7 nitrogen and oxygen atoms in total. The second-order valence-corrected chi connectivity index (χ2v) is 12.2. The molecule has 1 aliphatic carbocycles. The van der Waals surface area contributed by atoms with E-state index in [1.807, 2.05) is 90.4 Å². The topological polar surface area (TPSA) is 71.3 Å². The first-order valence-electron chi connectivity index (χ1n) is 15.4. The fourth-order valence-corrected chi connectivity index (χ4v) is 7.23. The van der Waals surface area contributed by atoms with E-state index in [4.69, 9.17) is 23.9 Å². The molecule has 2 aliphatic rings. The quantitative estimate of drug-likeness (QED) is 0.191. The fraction of sp³-hybridized carbons (Fsp3) is 0.211. The highest BCUT2D eigenvalue weighted by atomic mass is 32.1. The number of aromatic nitrogens is 1. The Hall–Kier alpha value is -5.08. The molecule has 0 spiro atoms. The molecule has 1 aromatic heterocycles. The molecule has 4 aromatic carbocycles. The van der Waals surface area contributed by atoms with Crippen molar-refractivity contribution in [1.29, 1.82) is 0 Å². The Kier molecular flexibility index (Phi) is 8.20. The van der Waals surface area contributed by atoms with Crippen LogP contribution in [0.5, 0.6) is 23.0 Å². The van der Waals surface area contributed by atoms with Crippen molar-refractivity contribution in [1.82, 2.24) is 4.57 Å². The number of ether oxygens (including phenoxy) is 4. The maximum atomic E-state index is 14.3. The summed E-state index contributed by atoms with van der Waals surface area (Å²) in [7, 11) is 3.25. The predicted octanol–water partition coefficient (Wildman–Crippen LogP) is 6.31. The molecule has 0 unspecified atom stereocenters. The summed E-state index contributed by atoms with van der Waals surface area (Å²) in [5.41, 5.74) is 7.26. The Bertz CT molecular complexity index is 2130. The highest BCUT2D eigenvalue weighted by Gasteiger charge is 2.33. The molecule has 0 radical (unpaired) electrons. The second kappa shape index (κ2) is 12.7. The van der Waals surface area contributed by atoms with Crippen molar-refractivity contribution in [3.8, 4) is 23.0 Å². The minimum Gasteiger partial charge on any atom is -0.493 e. The van der Waals surface area contributed by atoms with E-state index in [-0.39, 0.29) is 11.6 Å². The summed E-state index contributed by atoms with van der Waals surface area (Å²) in [6.45, 7) is 2.87. The fourth-order valence-electron chi connectivity index (χ4n) is 6.23. The molecule has 1 aliphatic heterocycles. The molecule has 0 fully saturated rings. The minimum absolute atomic E-state index is 0.0868. The summed E-state index contributed by atoms with van der Waals surface area (Å²) in [4.78, 5) is 20.1. The minimum atomic E-state index is -0.325. The number of rotatable bonds is 9. The first kappa shape index (κ1) is 29.6. The summed E-state index contributed by atoms with van der Waals surface area (Å²) < 4.78 is 25.7. The maximum Gasteiger partial charge on any atom is 0.271 e. The number of fused-ring (bicyclic) bond motifs is 3. The van der Waals surface area contributed by atoms with Crippen molar-refractivity contribution in [2.24, 2.45) is 4.99 Å². The maximum absolute atomic E-state index is 14.3. The Morgan fingerprint density at radius 3 is 2.43 bits per heavy atom. The lowest BCUT2D eigenvalue weighted by atomic mass is 9.83. The van der Waals surface area contributed by atoms with Gasteiger partial charge in [0.1, 0.15) is 6.61 Å². The van der Waals surface area contributed by atoms with Crippen LogP contribution in [-0.2, 0) is 13.0 Å². The Morgan fingerprint density at radius 1 is 0.848 bits per heavy atom. The molecular weight excluding hydrogens is 596 g/mol. The van der Waals surface area contributed by atoms with E-state index in [1.165, 1.54) is 16.9 Å². The van der Waals surface area contributed by atoms with Crippen LogP contribution in [0, 0.1) is 0 Å².